The Labute approximate surface area is 123 Å². The fraction of sp³-hybridized carbons (Fsp3) is 0.643. The van der Waals surface area contributed by atoms with Crippen LogP contribution in [0.3, 0.4) is 0 Å². The van der Waals surface area contributed by atoms with Crippen molar-refractivity contribution in [1.29, 1.82) is 0 Å². The molecule has 1 N–H and O–H groups in total. The lowest BCUT2D eigenvalue weighted by Gasteiger charge is -2.26. The number of piperidine rings is 1. The molecule has 0 bridgehead atoms. The van der Waals surface area contributed by atoms with Crippen molar-refractivity contribution >= 4 is 29.0 Å². The molecule has 3 nitrogen and oxygen atoms in total. The Morgan fingerprint density at radius 1 is 1.37 bits per heavy atom. The Morgan fingerprint density at radius 3 is 2.84 bits per heavy atom. The predicted octanol–water partition coefficient (Wildman–Crippen LogP) is 3.08. The zero-order valence-corrected chi connectivity index (χ0v) is 13.1. The fourth-order valence-electron chi connectivity index (χ4n) is 2.33. The van der Waals surface area contributed by atoms with Crippen LogP contribution in [0.5, 0.6) is 0 Å². The summed E-state index contributed by atoms with van der Waals surface area (Å²) in [5.41, 5.74) is 0. The number of hydrogen-bond acceptors (Lipinski definition) is 4. The third kappa shape index (κ3) is 4.82. The molecule has 0 spiro atoms. The van der Waals surface area contributed by atoms with Gasteiger partial charge in [0.15, 0.2) is 0 Å². The van der Waals surface area contributed by atoms with Crippen molar-refractivity contribution < 1.29 is 4.79 Å². The second-order valence-corrected chi connectivity index (χ2v) is 7.02. The lowest BCUT2D eigenvalue weighted by Crippen LogP contribution is -2.33. The van der Waals surface area contributed by atoms with Crippen molar-refractivity contribution in [1.82, 2.24) is 10.2 Å². The highest BCUT2D eigenvalue weighted by Crippen LogP contribution is 2.24. The average molecular weight is 298 g/mol. The molecule has 0 aliphatic carbocycles. The summed E-state index contributed by atoms with van der Waals surface area (Å²) in [7, 11) is 0. The Bertz CT molecular complexity index is 400. The summed E-state index contributed by atoms with van der Waals surface area (Å²) in [4.78, 5) is 15.2. The highest BCUT2D eigenvalue weighted by atomic mass is 32.2. The average Bonchev–Trinajstić information content (AvgIpc) is 2.93. The normalized spacial score (nSPS) is 16.5. The summed E-state index contributed by atoms with van der Waals surface area (Å²) in [6, 6.07) is 3.93. The molecule has 0 aromatic carbocycles. The van der Waals surface area contributed by atoms with Crippen LogP contribution >= 0.6 is 23.1 Å². The lowest BCUT2D eigenvalue weighted by atomic mass is 10.1. The maximum Gasteiger partial charge on any atom is 0.261 e. The van der Waals surface area contributed by atoms with E-state index in [2.05, 4.69) is 10.2 Å². The summed E-state index contributed by atoms with van der Waals surface area (Å²) < 4.78 is 1.19. The molecule has 2 rings (SSSR count). The van der Waals surface area contributed by atoms with Crippen LogP contribution in [0, 0.1) is 0 Å². The fourth-order valence-corrected chi connectivity index (χ4v) is 3.79. The summed E-state index contributed by atoms with van der Waals surface area (Å²) in [5, 5.41) is 3.01. The van der Waals surface area contributed by atoms with Crippen molar-refractivity contribution in [2.75, 3.05) is 32.4 Å². The van der Waals surface area contributed by atoms with Gasteiger partial charge in [-0.2, -0.15) is 0 Å². The van der Waals surface area contributed by atoms with E-state index >= 15 is 0 Å². The Balaban J connectivity index is 1.63. The van der Waals surface area contributed by atoms with E-state index in [4.69, 9.17) is 0 Å². The molecule has 2 heterocycles. The number of amides is 1. The number of nitrogens with zero attached hydrogens (tertiary/aromatic N) is 1. The zero-order valence-electron chi connectivity index (χ0n) is 11.5. The number of hydrogen-bond donors (Lipinski definition) is 1. The van der Waals surface area contributed by atoms with Crippen molar-refractivity contribution in [3.8, 4) is 0 Å². The first-order valence-corrected chi connectivity index (χ1v) is 8.98. The Kier molecular flexibility index (Phi) is 6.20. The quantitative estimate of drug-likeness (QED) is 0.647. The molecule has 1 amide bonds. The molecular formula is C14H22N2OS2. The van der Waals surface area contributed by atoms with Gasteiger partial charge in [0.2, 0.25) is 0 Å². The highest BCUT2D eigenvalue weighted by Gasteiger charge is 2.10. The van der Waals surface area contributed by atoms with E-state index in [-0.39, 0.29) is 5.91 Å². The standard InChI is InChI=1S/C14H22N2OS2/c1-18-13-7-6-12(19-13)14(17)15-8-5-11-16-9-3-2-4-10-16/h6-7H,2-5,8-11H2,1H3,(H,15,17). The van der Waals surface area contributed by atoms with Gasteiger partial charge in [0.1, 0.15) is 0 Å². The van der Waals surface area contributed by atoms with E-state index in [0.717, 1.165) is 24.4 Å². The van der Waals surface area contributed by atoms with Gasteiger partial charge in [-0.25, -0.2) is 0 Å². The number of thiophene rings is 1. The summed E-state index contributed by atoms with van der Waals surface area (Å²) in [6.45, 7) is 4.36. The van der Waals surface area contributed by atoms with Gasteiger partial charge in [0, 0.05) is 6.54 Å². The van der Waals surface area contributed by atoms with Gasteiger partial charge < -0.3 is 10.2 Å². The van der Waals surface area contributed by atoms with Crippen LogP contribution in [-0.2, 0) is 0 Å². The lowest BCUT2D eigenvalue weighted by molar-refractivity contribution is 0.0955. The molecule has 0 atom stereocenters. The van der Waals surface area contributed by atoms with E-state index in [1.807, 2.05) is 18.4 Å². The van der Waals surface area contributed by atoms with E-state index in [1.54, 1.807) is 23.1 Å². The third-order valence-corrected chi connectivity index (χ3v) is 5.56. The zero-order chi connectivity index (χ0) is 13.5. The number of carbonyl (C=O) groups excluding carboxylic acids is 1. The first kappa shape index (κ1) is 14.9. The van der Waals surface area contributed by atoms with Gasteiger partial charge in [0.05, 0.1) is 9.09 Å². The second kappa shape index (κ2) is 7.92. The summed E-state index contributed by atoms with van der Waals surface area (Å²) >= 11 is 3.25. The number of carbonyl (C=O) groups is 1. The molecule has 1 aromatic heterocycles. The van der Waals surface area contributed by atoms with E-state index in [9.17, 15) is 4.79 Å². The van der Waals surface area contributed by atoms with Gasteiger partial charge in [0.25, 0.3) is 5.91 Å². The van der Waals surface area contributed by atoms with Crippen molar-refractivity contribution in [2.45, 2.75) is 29.9 Å². The molecule has 1 aromatic rings. The number of nitrogens with one attached hydrogen (secondary N) is 1. The first-order chi connectivity index (χ1) is 9.29. The van der Waals surface area contributed by atoms with Gasteiger partial charge in [-0.3, -0.25) is 4.79 Å². The molecule has 0 unspecified atom stereocenters. The van der Waals surface area contributed by atoms with Crippen molar-refractivity contribution in [3.05, 3.63) is 17.0 Å². The van der Waals surface area contributed by atoms with Crippen LogP contribution in [0.2, 0.25) is 0 Å². The molecule has 1 aliphatic heterocycles. The topological polar surface area (TPSA) is 32.3 Å². The number of likely N-dealkylation sites (tertiary alicyclic amines) is 1. The SMILES string of the molecule is CSc1ccc(C(=O)NCCCN2CCCCC2)s1. The molecule has 1 fully saturated rings. The van der Waals surface area contributed by atoms with E-state index < -0.39 is 0 Å². The summed E-state index contributed by atoms with van der Waals surface area (Å²) in [6.07, 6.45) is 7.13. The van der Waals surface area contributed by atoms with Crippen LogP contribution < -0.4 is 5.32 Å². The predicted molar refractivity (Wildman–Crippen MR) is 83.3 cm³/mol. The number of thioether (sulfide) groups is 1. The molecular weight excluding hydrogens is 276 g/mol. The van der Waals surface area contributed by atoms with E-state index in [0.29, 0.717) is 0 Å². The Hall–Kier alpha value is -0.520. The first-order valence-electron chi connectivity index (χ1n) is 6.94. The monoisotopic (exact) mass is 298 g/mol. The molecule has 5 heteroatoms. The molecule has 1 aliphatic rings. The van der Waals surface area contributed by atoms with Gasteiger partial charge >= 0.3 is 0 Å². The number of rotatable bonds is 6. The van der Waals surface area contributed by atoms with Gasteiger partial charge in [-0.15, -0.1) is 23.1 Å². The minimum Gasteiger partial charge on any atom is -0.351 e. The van der Waals surface area contributed by atoms with Crippen LogP contribution in [-0.4, -0.2) is 43.2 Å². The van der Waals surface area contributed by atoms with Gasteiger partial charge in [-0.05, 0) is 57.3 Å². The highest BCUT2D eigenvalue weighted by molar-refractivity contribution is 8.00. The molecule has 1 saturated heterocycles. The van der Waals surface area contributed by atoms with Crippen LogP contribution in [0.1, 0.15) is 35.4 Å². The maximum absolute atomic E-state index is 11.9. The van der Waals surface area contributed by atoms with Crippen molar-refractivity contribution in [2.24, 2.45) is 0 Å². The smallest absolute Gasteiger partial charge is 0.261 e. The second-order valence-electron chi connectivity index (χ2n) is 4.83. The van der Waals surface area contributed by atoms with E-state index in [1.165, 1.54) is 36.6 Å². The minimum absolute atomic E-state index is 0.0731. The third-order valence-electron chi connectivity index (χ3n) is 3.39. The Morgan fingerprint density at radius 2 is 2.16 bits per heavy atom. The van der Waals surface area contributed by atoms with Crippen LogP contribution in [0.15, 0.2) is 16.3 Å². The minimum atomic E-state index is 0.0731. The molecule has 0 radical (unpaired) electrons. The summed E-state index contributed by atoms with van der Waals surface area (Å²) in [5.74, 6) is 0.0731. The van der Waals surface area contributed by atoms with Gasteiger partial charge in [-0.1, -0.05) is 6.42 Å². The van der Waals surface area contributed by atoms with Crippen molar-refractivity contribution in [3.63, 3.8) is 0 Å². The molecule has 0 saturated carbocycles. The largest absolute Gasteiger partial charge is 0.351 e. The molecule has 19 heavy (non-hydrogen) atoms. The van der Waals surface area contributed by atoms with Crippen LogP contribution in [0.4, 0.5) is 0 Å². The van der Waals surface area contributed by atoms with Crippen LogP contribution in [0.25, 0.3) is 0 Å². The maximum atomic E-state index is 11.9. The molecule has 106 valence electrons.